The predicted molar refractivity (Wildman–Crippen MR) is 81.4 cm³/mol. The first kappa shape index (κ1) is 14.5. The summed E-state index contributed by atoms with van der Waals surface area (Å²) in [5, 5.41) is 3.36. The third-order valence-corrected chi connectivity index (χ3v) is 3.70. The van der Waals surface area contributed by atoms with E-state index in [1.807, 2.05) is 6.92 Å². The molecule has 2 nitrogen and oxygen atoms in total. The minimum atomic E-state index is -0.303. The number of hydrogen-bond donors (Lipinski definition) is 1. The van der Waals surface area contributed by atoms with Crippen LogP contribution >= 0.6 is 0 Å². The molecule has 1 aromatic carbocycles. The Morgan fingerprint density at radius 3 is 2.40 bits per heavy atom. The average molecular weight is 272 g/mol. The highest BCUT2D eigenvalue weighted by molar-refractivity contribution is 5.47. The Morgan fingerprint density at radius 1 is 1.10 bits per heavy atom. The first-order valence-electron chi connectivity index (χ1n) is 7.07. The highest BCUT2D eigenvalue weighted by Gasteiger charge is 2.07. The van der Waals surface area contributed by atoms with E-state index in [1.54, 1.807) is 6.20 Å². The van der Waals surface area contributed by atoms with Crippen molar-refractivity contribution in [2.45, 2.75) is 39.2 Å². The molecule has 0 aliphatic carbocycles. The first-order chi connectivity index (χ1) is 9.60. The zero-order valence-electron chi connectivity index (χ0n) is 12.2. The number of hydrogen-bond acceptors (Lipinski definition) is 2. The lowest BCUT2D eigenvalue weighted by Gasteiger charge is -2.16. The van der Waals surface area contributed by atoms with Gasteiger partial charge in [0.05, 0.1) is 12.2 Å². The predicted octanol–water partition coefficient (Wildman–Crippen LogP) is 4.91. The summed E-state index contributed by atoms with van der Waals surface area (Å²) in [6.45, 7) is 6.42. The average Bonchev–Trinajstić information content (AvgIpc) is 2.47. The number of nitrogens with zero attached hydrogens (tertiary/aromatic N) is 1. The Labute approximate surface area is 120 Å². The van der Waals surface area contributed by atoms with Crippen LogP contribution in [0.15, 0.2) is 42.7 Å². The summed E-state index contributed by atoms with van der Waals surface area (Å²) in [4.78, 5) is 3.88. The molecule has 106 valence electrons. The number of anilines is 1. The van der Waals surface area contributed by atoms with Gasteiger partial charge in [0.15, 0.2) is 0 Å². The molecule has 0 fully saturated rings. The quantitative estimate of drug-likeness (QED) is 0.836. The SMILES string of the molecule is CCC(C)c1ccc(NC(C)c2cncc(F)c2)cc1. The lowest BCUT2D eigenvalue weighted by atomic mass is 9.98. The van der Waals surface area contributed by atoms with Gasteiger partial charge in [0.2, 0.25) is 0 Å². The van der Waals surface area contributed by atoms with Crippen LogP contribution < -0.4 is 5.32 Å². The smallest absolute Gasteiger partial charge is 0.141 e. The van der Waals surface area contributed by atoms with Crippen molar-refractivity contribution in [2.24, 2.45) is 0 Å². The van der Waals surface area contributed by atoms with Gasteiger partial charge >= 0.3 is 0 Å². The summed E-state index contributed by atoms with van der Waals surface area (Å²) < 4.78 is 13.2. The van der Waals surface area contributed by atoms with Gasteiger partial charge in [-0.25, -0.2) is 4.39 Å². The summed E-state index contributed by atoms with van der Waals surface area (Å²) in [7, 11) is 0. The molecule has 0 saturated carbocycles. The van der Waals surface area contributed by atoms with Crippen molar-refractivity contribution in [1.29, 1.82) is 0 Å². The summed E-state index contributed by atoms with van der Waals surface area (Å²) in [6.07, 6.45) is 4.05. The van der Waals surface area contributed by atoms with Crippen LogP contribution in [-0.2, 0) is 0 Å². The van der Waals surface area contributed by atoms with E-state index >= 15 is 0 Å². The second-order valence-corrected chi connectivity index (χ2v) is 5.23. The van der Waals surface area contributed by atoms with Gasteiger partial charge in [-0.3, -0.25) is 4.98 Å². The second-order valence-electron chi connectivity index (χ2n) is 5.23. The molecular weight excluding hydrogens is 251 g/mol. The third kappa shape index (κ3) is 3.56. The molecule has 0 bridgehead atoms. The van der Waals surface area contributed by atoms with Gasteiger partial charge in [-0.05, 0) is 48.6 Å². The van der Waals surface area contributed by atoms with Gasteiger partial charge in [-0.1, -0.05) is 26.0 Å². The maximum Gasteiger partial charge on any atom is 0.141 e. The van der Waals surface area contributed by atoms with E-state index in [9.17, 15) is 4.39 Å². The Kier molecular flexibility index (Phi) is 4.72. The largest absolute Gasteiger partial charge is 0.378 e. The fraction of sp³-hybridized carbons (Fsp3) is 0.353. The van der Waals surface area contributed by atoms with Crippen molar-refractivity contribution in [3.63, 3.8) is 0 Å². The van der Waals surface area contributed by atoms with Gasteiger partial charge in [0.25, 0.3) is 0 Å². The fourth-order valence-electron chi connectivity index (χ4n) is 2.14. The lowest BCUT2D eigenvalue weighted by molar-refractivity contribution is 0.616. The Morgan fingerprint density at radius 2 is 1.80 bits per heavy atom. The molecule has 1 aromatic heterocycles. The number of aromatic nitrogens is 1. The molecule has 2 rings (SSSR count). The van der Waals surface area contributed by atoms with Gasteiger partial charge < -0.3 is 5.32 Å². The van der Waals surface area contributed by atoms with E-state index in [1.165, 1.54) is 17.8 Å². The van der Waals surface area contributed by atoms with Crippen molar-refractivity contribution in [3.8, 4) is 0 Å². The lowest BCUT2D eigenvalue weighted by Crippen LogP contribution is -2.07. The molecule has 0 aliphatic heterocycles. The van der Waals surface area contributed by atoms with E-state index in [4.69, 9.17) is 0 Å². The number of halogens is 1. The summed E-state index contributed by atoms with van der Waals surface area (Å²) in [5.74, 6) is 0.275. The van der Waals surface area contributed by atoms with Crippen molar-refractivity contribution < 1.29 is 4.39 Å². The molecule has 1 heterocycles. The molecule has 0 amide bonds. The Balaban J connectivity index is 2.06. The third-order valence-electron chi connectivity index (χ3n) is 3.70. The maximum atomic E-state index is 13.2. The second kappa shape index (κ2) is 6.51. The van der Waals surface area contributed by atoms with Crippen LogP contribution in [0.25, 0.3) is 0 Å². The Hall–Kier alpha value is -1.90. The van der Waals surface area contributed by atoms with Crippen molar-refractivity contribution in [3.05, 3.63) is 59.7 Å². The van der Waals surface area contributed by atoms with Gasteiger partial charge in [-0.2, -0.15) is 0 Å². The summed E-state index contributed by atoms with van der Waals surface area (Å²) in [5.41, 5.74) is 3.22. The van der Waals surface area contributed by atoms with Crippen LogP contribution in [0.3, 0.4) is 0 Å². The standard InChI is InChI=1S/C17H21FN2/c1-4-12(2)14-5-7-17(8-6-14)20-13(3)15-9-16(18)11-19-10-15/h5-13,20H,4H2,1-3H3. The molecule has 1 N–H and O–H groups in total. The number of nitrogens with one attached hydrogen (secondary N) is 1. The minimum Gasteiger partial charge on any atom is -0.378 e. The Bertz CT molecular complexity index is 551. The van der Waals surface area contributed by atoms with E-state index in [-0.39, 0.29) is 11.9 Å². The topological polar surface area (TPSA) is 24.9 Å². The van der Waals surface area contributed by atoms with E-state index in [0.717, 1.165) is 17.7 Å². The maximum absolute atomic E-state index is 13.2. The minimum absolute atomic E-state index is 0.0210. The molecule has 2 aromatic rings. The van der Waals surface area contributed by atoms with Gasteiger partial charge in [0, 0.05) is 11.9 Å². The van der Waals surface area contributed by atoms with Gasteiger partial charge in [-0.15, -0.1) is 0 Å². The van der Waals surface area contributed by atoms with Crippen LogP contribution in [0.1, 0.15) is 50.3 Å². The van der Waals surface area contributed by atoms with Crippen molar-refractivity contribution in [2.75, 3.05) is 5.32 Å². The molecule has 20 heavy (non-hydrogen) atoms. The van der Waals surface area contributed by atoms with Gasteiger partial charge in [0.1, 0.15) is 5.82 Å². The normalized spacial score (nSPS) is 13.8. The zero-order valence-corrected chi connectivity index (χ0v) is 12.2. The van der Waals surface area contributed by atoms with E-state index < -0.39 is 0 Å². The molecular formula is C17H21FN2. The van der Waals surface area contributed by atoms with Crippen LogP contribution in [0.5, 0.6) is 0 Å². The highest BCUT2D eigenvalue weighted by atomic mass is 19.1. The monoisotopic (exact) mass is 272 g/mol. The van der Waals surface area contributed by atoms with Crippen LogP contribution in [0.2, 0.25) is 0 Å². The van der Waals surface area contributed by atoms with Crippen molar-refractivity contribution in [1.82, 2.24) is 4.98 Å². The van der Waals surface area contributed by atoms with E-state index in [2.05, 4.69) is 48.4 Å². The molecule has 0 radical (unpaired) electrons. The molecule has 0 spiro atoms. The molecule has 2 atom stereocenters. The molecule has 0 saturated heterocycles. The number of rotatable bonds is 5. The van der Waals surface area contributed by atoms with Crippen LogP contribution in [-0.4, -0.2) is 4.98 Å². The molecule has 2 unspecified atom stereocenters. The highest BCUT2D eigenvalue weighted by Crippen LogP contribution is 2.23. The fourth-order valence-corrected chi connectivity index (χ4v) is 2.14. The summed E-state index contributed by atoms with van der Waals surface area (Å²) >= 11 is 0. The van der Waals surface area contributed by atoms with Crippen molar-refractivity contribution >= 4 is 5.69 Å². The number of benzene rings is 1. The molecule has 0 aliphatic rings. The van der Waals surface area contributed by atoms with Crippen LogP contribution in [0, 0.1) is 5.82 Å². The zero-order chi connectivity index (χ0) is 14.5. The summed E-state index contributed by atoms with van der Waals surface area (Å²) in [6, 6.07) is 9.97. The van der Waals surface area contributed by atoms with Crippen LogP contribution in [0.4, 0.5) is 10.1 Å². The first-order valence-corrected chi connectivity index (χ1v) is 7.07. The molecule has 3 heteroatoms. The van der Waals surface area contributed by atoms with E-state index in [0.29, 0.717) is 5.92 Å². The number of pyridine rings is 1.